The summed E-state index contributed by atoms with van der Waals surface area (Å²) >= 11 is 0. The van der Waals surface area contributed by atoms with E-state index in [4.69, 9.17) is 0 Å². The molecule has 8 heteroatoms. The van der Waals surface area contributed by atoms with Crippen LogP contribution >= 0.6 is 0 Å². The van der Waals surface area contributed by atoms with E-state index in [2.05, 4.69) is 10.6 Å². The Labute approximate surface area is 119 Å². The van der Waals surface area contributed by atoms with Crippen molar-refractivity contribution < 1.29 is 18.5 Å². The first-order chi connectivity index (χ1) is 9.99. The summed E-state index contributed by atoms with van der Waals surface area (Å²) in [5, 5.41) is 16.1. The lowest BCUT2D eigenvalue weighted by molar-refractivity contribution is -0.384. The molecular formula is C13H15F2N3O3. The van der Waals surface area contributed by atoms with E-state index in [-0.39, 0.29) is 6.42 Å². The van der Waals surface area contributed by atoms with Gasteiger partial charge in [0.15, 0.2) is 17.3 Å². The van der Waals surface area contributed by atoms with Crippen molar-refractivity contribution in [2.75, 3.05) is 18.4 Å². The van der Waals surface area contributed by atoms with Crippen molar-refractivity contribution in [3.8, 4) is 0 Å². The monoisotopic (exact) mass is 299 g/mol. The van der Waals surface area contributed by atoms with Gasteiger partial charge in [0.1, 0.15) is 0 Å². The number of anilines is 1. The fraction of sp³-hybridized carbons (Fsp3) is 0.462. The van der Waals surface area contributed by atoms with Gasteiger partial charge in [-0.15, -0.1) is 0 Å². The first-order valence-electron chi connectivity index (χ1n) is 6.62. The van der Waals surface area contributed by atoms with Crippen LogP contribution in [0.2, 0.25) is 0 Å². The second-order valence-electron chi connectivity index (χ2n) is 4.96. The van der Waals surface area contributed by atoms with Crippen LogP contribution in [0.5, 0.6) is 0 Å². The molecule has 0 saturated carbocycles. The molecule has 1 aliphatic heterocycles. The molecule has 2 rings (SSSR count). The molecule has 1 fully saturated rings. The molecule has 114 valence electrons. The molecule has 1 atom stereocenters. The summed E-state index contributed by atoms with van der Waals surface area (Å²) in [6.07, 6.45) is 1.67. The van der Waals surface area contributed by atoms with E-state index in [0.29, 0.717) is 18.4 Å². The van der Waals surface area contributed by atoms with Gasteiger partial charge in [0.05, 0.1) is 4.92 Å². The molecule has 0 bridgehead atoms. The molecule has 1 aliphatic rings. The molecule has 2 N–H and O–H groups in total. The van der Waals surface area contributed by atoms with Crippen molar-refractivity contribution >= 4 is 17.3 Å². The van der Waals surface area contributed by atoms with Crippen LogP contribution in [0.25, 0.3) is 0 Å². The third kappa shape index (κ3) is 3.72. The standard InChI is InChI=1S/C13H15F2N3O3/c14-9-2-3-10(18(20)21)13(12(9)15)17-11(19)4-1-8-5-6-16-7-8/h2-3,8,16H,1,4-7H2,(H,17,19). The van der Waals surface area contributed by atoms with Crippen LogP contribution in [0.1, 0.15) is 19.3 Å². The number of carbonyl (C=O) groups excluding carboxylic acids is 1. The number of rotatable bonds is 5. The third-order valence-electron chi connectivity index (χ3n) is 3.48. The number of nitrogens with zero attached hydrogens (tertiary/aromatic N) is 1. The molecule has 0 radical (unpaired) electrons. The number of carbonyl (C=O) groups is 1. The van der Waals surface area contributed by atoms with Crippen LogP contribution in [0.4, 0.5) is 20.2 Å². The van der Waals surface area contributed by atoms with Gasteiger partial charge in [-0.1, -0.05) is 0 Å². The van der Waals surface area contributed by atoms with Gasteiger partial charge in [-0.2, -0.15) is 0 Å². The summed E-state index contributed by atoms with van der Waals surface area (Å²) in [5.74, 6) is -2.85. The normalized spacial score (nSPS) is 17.7. The molecular weight excluding hydrogens is 284 g/mol. The zero-order valence-corrected chi connectivity index (χ0v) is 11.2. The second kappa shape index (κ2) is 6.57. The van der Waals surface area contributed by atoms with E-state index < -0.39 is 33.8 Å². The van der Waals surface area contributed by atoms with Crippen molar-refractivity contribution in [3.05, 3.63) is 33.9 Å². The van der Waals surface area contributed by atoms with Gasteiger partial charge < -0.3 is 10.6 Å². The minimum absolute atomic E-state index is 0.111. The lowest BCUT2D eigenvalue weighted by atomic mass is 10.0. The summed E-state index contributed by atoms with van der Waals surface area (Å²) < 4.78 is 26.8. The van der Waals surface area contributed by atoms with Gasteiger partial charge in [0.25, 0.3) is 5.69 Å². The largest absolute Gasteiger partial charge is 0.318 e. The summed E-state index contributed by atoms with van der Waals surface area (Å²) in [4.78, 5) is 21.7. The average molecular weight is 299 g/mol. The van der Waals surface area contributed by atoms with Gasteiger partial charge in [-0.25, -0.2) is 8.78 Å². The Hall–Kier alpha value is -2.09. The third-order valence-corrected chi connectivity index (χ3v) is 3.48. The highest BCUT2D eigenvalue weighted by atomic mass is 19.2. The number of hydrogen-bond acceptors (Lipinski definition) is 4. The second-order valence-corrected chi connectivity index (χ2v) is 4.96. The highest BCUT2D eigenvalue weighted by molar-refractivity contribution is 5.93. The number of benzene rings is 1. The van der Waals surface area contributed by atoms with E-state index in [1.165, 1.54) is 0 Å². The lowest BCUT2D eigenvalue weighted by Gasteiger charge is -2.10. The molecule has 0 aromatic heterocycles. The predicted molar refractivity (Wildman–Crippen MR) is 71.9 cm³/mol. The highest BCUT2D eigenvalue weighted by Crippen LogP contribution is 2.29. The topological polar surface area (TPSA) is 84.3 Å². The first kappa shape index (κ1) is 15.3. The van der Waals surface area contributed by atoms with Crippen molar-refractivity contribution in [3.63, 3.8) is 0 Å². The molecule has 1 amide bonds. The Morgan fingerprint density at radius 1 is 1.48 bits per heavy atom. The quantitative estimate of drug-likeness (QED) is 0.645. The molecule has 1 aromatic rings. The van der Waals surface area contributed by atoms with Crippen molar-refractivity contribution in [1.29, 1.82) is 0 Å². The predicted octanol–water partition coefficient (Wildman–Crippen LogP) is 2.20. The van der Waals surface area contributed by atoms with Crippen LogP contribution in [-0.4, -0.2) is 23.9 Å². The number of amides is 1. The van der Waals surface area contributed by atoms with E-state index in [0.717, 1.165) is 25.6 Å². The maximum atomic E-state index is 13.6. The van der Waals surface area contributed by atoms with Gasteiger partial charge in [0, 0.05) is 12.5 Å². The van der Waals surface area contributed by atoms with Gasteiger partial charge in [-0.05, 0) is 37.9 Å². The molecule has 21 heavy (non-hydrogen) atoms. The minimum atomic E-state index is -1.42. The summed E-state index contributed by atoms with van der Waals surface area (Å²) in [6, 6.07) is 1.49. The lowest BCUT2D eigenvalue weighted by Crippen LogP contribution is -2.17. The molecule has 1 heterocycles. The zero-order valence-electron chi connectivity index (χ0n) is 11.2. The molecule has 1 saturated heterocycles. The van der Waals surface area contributed by atoms with Crippen LogP contribution in [-0.2, 0) is 4.79 Å². The maximum absolute atomic E-state index is 13.6. The minimum Gasteiger partial charge on any atom is -0.318 e. The molecule has 0 aliphatic carbocycles. The van der Waals surface area contributed by atoms with Crippen LogP contribution in [0.15, 0.2) is 12.1 Å². The van der Waals surface area contributed by atoms with E-state index >= 15 is 0 Å². The van der Waals surface area contributed by atoms with Gasteiger partial charge in [0.2, 0.25) is 5.91 Å². The van der Waals surface area contributed by atoms with Gasteiger partial charge >= 0.3 is 0 Å². The fourth-order valence-electron chi connectivity index (χ4n) is 2.31. The van der Waals surface area contributed by atoms with E-state index in [1.54, 1.807) is 0 Å². The number of nitro groups is 1. The molecule has 0 spiro atoms. The smallest absolute Gasteiger partial charge is 0.296 e. The Morgan fingerprint density at radius 3 is 2.86 bits per heavy atom. The van der Waals surface area contributed by atoms with Crippen LogP contribution in [0.3, 0.4) is 0 Å². The molecule has 6 nitrogen and oxygen atoms in total. The summed E-state index contributed by atoms with van der Waals surface area (Å²) in [7, 11) is 0. The SMILES string of the molecule is O=C(CCC1CCNC1)Nc1c([N+](=O)[O-])ccc(F)c1F. The summed E-state index contributed by atoms with van der Waals surface area (Å²) in [6.45, 7) is 1.72. The Kier molecular flexibility index (Phi) is 4.79. The Morgan fingerprint density at radius 2 is 2.24 bits per heavy atom. The van der Waals surface area contributed by atoms with Crippen molar-refractivity contribution in [2.45, 2.75) is 19.3 Å². The Bertz CT molecular complexity index is 560. The Balaban J connectivity index is 2.05. The maximum Gasteiger partial charge on any atom is 0.296 e. The van der Waals surface area contributed by atoms with E-state index in [1.807, 2.05) is 0 Å². The summed E-state index contributed by atoms with van der Waals surface area (Å²) in [5.41, 5.74) is -1.38. The van der Waals surface area contributed by atoms with Crippen molar-refractivity contribution in [1.82, 2.24) is 5.32 Å². The van der Waals surface area contributed by atoms with Crippen molar-refractivity contribution in [2.24, 2.45) is 5.92 Å². The number of hydrogen-bond donors (Lipinski definition) is 2. The fourth-order valence-corrected chi connectivity index (χ4v) is 2.31. The highest BCUT2D eigenvalue weighted by Gasteiger charge is 2.24. The zero-order chi connectivity index (χ0) is 15.4. The average Bonchev–Trinajstić information content (AvgIpc) is 2.94. The first-order valence-corrected chi connectivity index (χ1v) is 6.62. The van der Waals surface area contributed by atoms with E-state index in [9.17, 15) is 23.7 Å². The number of nitro benzene ring substituents is 1. The van der Waals surface area contributed by atoms with Crippen LogP contribution in [0, 0.1) is 27.7 Å². The van der Waals surface area contributed by atoms with Gasteiger partial charge in [-0.3, -0.25) is 14.9 Å². The molecule has 1 aromatic carbocycles. The molecule has 1 unspecified atom stereocenters. The van der Waals surface area contributed by atoms with Crippen LogP contribution < -0.4 is 10.6 Å². The number of halogens is 2. The number of nitrogens with one attached hydrogen (secondary N) is 2.